The maximum Gasteiger partial charge on any atom is 0.306 e. The number of esters is 2. The highest BCUT2D eigenvalue weighted by Gasteiger charge is 2.22. The third-order valence-electron chi connectivity index (χ3n) is 16.8. The van der Waals surface area contributed by atoms with Gasteiger partial charge in [0, 0.05) is 12.8 Å². The Bertz CT molecular complexity index is 1920. The van der Waals surface area contributed by atoms with E-state index in [2.05, 4.69) is 123 Å². The molecule has 0 heterocycles. The van der Waals surface area contributed by atoms with Crippen molar-refractivity contribution in [2.45, 2.75) is 354 Å². The van der Waals surface area contributed by atoms with Crippen LogP contribution in [-0.4, -0.2) is 70.0 Å². The Morgan fingerprint density at radius 1 is 0.348 bits per heavy atom. The van der Waals surface area contributed by atoms with Gasteiger partial charge in [-0.1, -0.05) is 361 Å². The van der Waals surface area contributed by atoms with Crippen LogP contribution in [0.1, 0.15) is 348 Å². The molecule has 0 aliphatic rings. The van der Waals surface area contributed by atoms with E-state index in [1.165, 1.54) is 212 Å². The molecule has 2 atom stereocenters. The number of hydrogen-bond acceptors (Lipinski definition) is 8. The van der Waals surface area contributed by atoms with Crippen molar-refractivity contribution in [3.8, 4) is 0 Å². The molecule has 0 aromatic heterocycles. The van der Waals surface area contributed by atoms with Gasteiger partial charge in [-0.25, -0.2) is 0 Å². The van der Waals surface area contributed by atoms with Crippen molar-refractivity contribution in [1.82, 2.24) is 0 Å². The van der Waals surface area contributed by atoms with Crippen LogP contribution in [0.25, 0.3) is 0 Å². The molecule has 0 N–H and O–H groups in total. The number of carbonyl (C=O) groups excluding carboxylic acids is 2. The minimum atomic E-state index is -4.65. The first kappa shape index (κ1) is 88.7. The summed E-state index contributed by atoms with van der Waals surface area (Å²) in [6.45, 7) is 4.15. The maximum absolute atomic E-state index is 12.9. The highest BCUT2D eigenvalue weighted by Crippen LogP contribution is 2.38. The van der Waals surface area contributed by atoms with Gasteiger partial charge in [0.25, 0.3) is 7.82 Å². The summed E-state index contributed by atoms with van der Waals surface area (Å²) in [5.41, 5.74) is 0. The summed E-state index contributed by atoms with van der Waals surface area (Å²) in [6.07, 6.45) is 102. The molecule has 0 bridgehead atoms. The zero-order chi connectivity index (χ0) is 66.9. The van der Waals surface area contributed by atoms with E-state index >= 15 is 0 Å². The fraction of sp³-hybridized carbons (Fsp3) is 0.756. The number of nitrogens with zero attached hydrogens (tertiary/aromatic N) is 1. The summed E-state index contributed by atoms with van der Waals surface area (Å²) < 4.78 is 34.4. The lowest BCUT2D eigenvalue weighted by atomic mass is 10.0. The standard InChI is InChI=1S/C82H146NO8P/c1-6-8-10-12-14-16-18-20-22-24-26-28-30-32-34-36-38-40-41-43-45-47-49-51-53-55-57-59-61-63-65-67-69-71-73-75-82(85)91-80(79-90-92(86,87)89-77-76-83(3,4)5)78-88-81(84)74-72-70-68-66-64-62-60-58-56-54-52-50-48-46-44-42-39-37-35-33-31-29-27-25-23-21-19-17-15-13-11-9-7-2/h8,10,14,16,20,22,26,28,32,34,38,40,43,45,49,51,55,57,80H,6-7,9,11-13,15,17-19,21,23-25,27,29-31,33,35-37,39,41-42,44,46-48,50,52-54,56,58-79H2,1-5H3/b10-8-,16-14-,22-20-,28-26-,34-32-,40-38-,45-43-,51-49-,57-55-. The molecule has 0 saturated heterocycles. The Kier molecular flexibility index (Phi) is 69.3. The Morgan fingerprint density at radius 3 is 0.924 bits per heavy atom. The van der Waals surface area contributed by atoms with Crippen LogP contribution in [0.4, 0.5) is 0 Å². The number of ether oxygens (including phenoxy) is 2. The Hall–Kier alpha value is -3.33. The summed E-state index contributed by atoms with van der Waals surface area (Å²) in [5.74, 6) is -0.838. The number of carbonyl (C=O) groups is 2. The number of unbranched alkanes of at least 4 members (excludes halogenated alkanes) is 39. The van der Waals surface area contributed by atoms with Gasteiger partial charge in [-0.2, -0.15) is 0 Å². The molecule has 10 heteroatoms. The number of quaternary nitrogens is 1. The number of rotatable bonds is 71. The molecule has 0 amide bonds. The van der Waals surface area contributed by atoms with Gasteiger partial charge in [0.1, 0.15) is 19.8 Å². The van der Waals surface area contributed by atoms with E-state index < -0.39 is 26.5 Å². The van der Waals surface area contributed by atoms with Crippen LogP contribution in [0, 0.1) is 0 Å². The summed E-state index contributed by atoms with van der Waals surface area (Å²) in [5, 5.41) is 0. The summed E-state index contributed by atoms with van der Waals surface area (Å²) in [4.78, 5) is 38.1. The smallest absolute Gasteiger partial charge is 0.306 e. The maximum atomic E-state index is 12.9. The number of phosphoric ester groups is 1. The van der Waals surface area contributed by atoms with Crippen LogP contribution in [0.5, 0.6) is 0 Å². The summed E-state index contributed by atoms with van der Waals surface area (Å²) in [7, 11) is 1.16. The molecule has 0 spiro atoms. The first-order valence-corrected chi connectivity index (χ1v) is 40.1. The first-order chi connectivity index (χ1) is 45.0. The second kappa shape index (κ2) is 72.0. The van der Waals surface area contributed by atoms with Crippen LogP contribution in [0.15, 0.2) is 109 Å². The highest BCUT2D eigenvalue weighted by atomic mass is 31.2. The molecule has 9 nitrogen and oxygen atoms in total. The van der Waals surface area contributed by atoms with Crippen LogP contribution >= 0.6 is 7.82 Å². The predicted octanol–water partition coefficient (Wildman–Crippen LogP) is 25.0. The second-order valence-electron chi connectivity index (χ2n) is 27.0. The minimum absolute atomic E-state index is 0.0366. The van der Waals surface area contributed by atoms with E-state index in [1.807, 2.05) is 21.1 Å². The number of phosphoric acid groups is 1. The minimum Gasteiger partial charge on any atom is -0.756 e. The van der Waals surface area contributed by atoms with Gasteiger partial charge in [-0.05, 0) is 83.5 Å². The first-order valence-electron chi connectivity index (χ1n) is 38.6. The van der Waals surface area contributed by atoms with Crippen LogP contribution in [-0.2, 0) is 32.7 Å². The lowest BCUT2D eigenvalue weighted by Crippen LogP contribution is -2.37. The molecule has 2 unspecified atom stereocenters. The van der Waals surface area contributed by atoms with Crippen molar-refractivity contribution < 1.29 is 42.1 Å². The molecule has 92 heavy (non-hydrogen) atoms. The van der Waals surface area contributed by atoms with Crippen molar-refractivity contribution in [3.63, 3.8) is 0 Å². The number of hydrogen-bond donors (Lipinski definition) is 0. The molecular formula is C82H146NO8P. The zero-order valence-electron chi connectivity index (χ0n) is 60.7. The number of allylic oxidation sites excluding steroid dienone is 18. The Morgan fingerprint density at radius 2 is 0.620 bits per heavy atom. The molecule has 0 aliphatic heterocycles. The Balaban J connectivity index is 4.04. The SMILES string of the molecule is CC/C=C\C/C=C\C/C=C\C/C=C\C/C=C\C/C=C\C/C=C\C/C=C\C/C=C\CCCCCCCCCC(=O)OC(COC(=O)CCCCCCCCCCCCCCCCCCCCCCCCCCCCCCCCCCC)COP(=O)([O-])OCC[N+](C)(C)C. The monoisotopic (exact) mass is 1300 g/mol. The van der Waals surface area contributed by atoms with Gasteiger partial charge in [0.15, 0.2) is 6.10 Å². The van der Waals surface area contributed by atoms with E-state index in [9.17, 15) is 19.0 Å². The van der Waals surface area contributed by atoms with Gasteiger partial charge in [0.05, 0.1) is 27.7 Å². The van der Waals surface area contributed by atoms with E-state index in [0.29, 0.717) is 17.4 Å². The molecule has 0 aromatic carbocycles. The van der Waals surface area contributed by atoms with E-state index in [-0.39, 0.29) is 32.0 Å². The average molecular weight is 1310 g/mol. The molecular weight excluding hydrogens is 1160 g/mol. The highest BCUT2D eigenvalue weighted by molar-refractivity contribution is 7.45. The van der Waals surface area contributed by atoms with Gasteiger partial charge in [-0.15, -0.1) is 0 Å². The van der Waals surface area contributed by atoms with Crippen molar-refractivity contribution in [3.05, 3.63) is 109 Å². The summed E-state index contributed by atoms with van der Waals surface area (Å²) >= 11 is 0. The fourth-order valence-electron chi connectivity index (χ4n) is 10.9. The second-order valence-corrected chi connectivity index (χ2v) is 28.4. The topological polar surface area (TPSA) is 111 Å². The van der Waals surface area contributed by atoms with E-state index in [1.54, 1.807) is 0 Å². The molecule has 0 saturated carbocycles. The molecule has 0 rings (SSSR count). The third kappa shape index (κ3) is 75.7. The normalized spacial score (nSPS) is 13.7. The van der Waals surface area contributed by atoms with Gasteiger partial charge in [0.2, 0.25) is 0 Å². The van der Waals surface area contributed by atoms with Crippen LogP contribution in [0.2, 0.25) is 0 Å². The molecule has 0 aromatic rings. The molecule has 0 fully saturated rings. The fourth-order valence-corrected chi connectivity index (χ4v) is 11.7. The van der Waals surface area contributed by atoms with Crippen molar-refractivity contribution >= 4 is 19.8 Å². The van der Waals surface area contributed by atoms with Crippen molar-refractivity contribution in [1.29, 1.82) is 0 Å². The molecule has 0 aliphatic carbocycles. The third-order valence-corrected chi connectivity index (χ3v) is 17.8. The van der Waals surface area contributed by atoms with Crippen molar-refractivity contribution in [2.75, 3.05) is 47.5 Å². The van der Waals surface area contributed by atoms with Gasteiger partial charge < -0.3 is 27.9 Å². The number of likely N-dealkylation sites (N-methyl/N-ethyl adjacent to an activating group) is 1. The summed E-state index contributed by atoms with van der Waals surface area (Å²) in [6, 6.07) is 0. The van der Waals surface area contributed by atoms with Crippen molar-refractivity contribution in [2.24, 2.45) is 0 Å². The average Bonchev–Trinajstić information content (AvgIpc) is 2.14. The predicted molar refractivity (Wildman–Crippen MR) is 397 cm³/mol. The largest absolute Gasteiger partial charge is 0.756 e. The van der Waals surface area contributed by atoms with E-state index in [4.69, 9.17) is 18.5 Å². The van der Waals surface area contributed by atoms with Gasteiger partial charge in [-0.3, -0.25) is 14.2 Å². The van der Waals surface area contributed by atoms with Crippen LogP contribution in [0.3, 0.4) is 0 Å². The zero-order valence-corrected chi connectivity index (χ0v) is 61.6. The van der Waals surface area contributed by atoms with Gasteiger partial charge >= 0.3 is 11.9 Å². The molecule has 0 radical (unpaired) electrons. The lowest BCUT2D eigenvalue weighted by molar-refractivity contribution is -0.870. The van der Waals surface area contributed by atoms with Crippen LogP contribution < -0.4 is 4.89 Å². The lowest BCUT2D eigenvalue weighted by Gasteiger charge is -2.28. The Labute approximate surface area is 569 Å². The van der Waals surface area contributed by atoms with E-state index in [0.717, 1.165) is 103 Å². The quantitative estimate of drug-likeness (QED) is 0.0195. The molecule has 532 valence electrons.